The number of rotatable bonds is 8. The van der Waals surface area contributed by atoms with Gasteiger partial charge in [0.05, 0.1) is 0 Å². The Hall–Kier alpha value is -2.43. The maximum atomic E-state index is 12.0. The lowest BCUT2D eigenvalue weighted by Gasteiger charge is -2.22. The maximum absolute atomic E-state index is 12.0. The van der Waals surface area contributed by atoms with Gasteiger partial charge in [0.15, 0.2) is 11.5 Å². The standard InChI is InChI=1S/C19H26N4O/c1-4-6-7-13-20-19(24)17-11-12-18(22-21-17)23(5-2)16-10-8-9-15(3)14-16/h8-12,14H,4-7,13H2,1-3H3,(H,20,24). The number of anilines is 2. The molecule has 5 nitrogen and oxygen atoms in total. The van der Waals surface area contributed by atoms with E-state index in [-0.39, 0.29) is 5.91 Å². The van der Waals surface area contributed by atoms with Crippen LogP contribution in [0.3, 0.4) is 0 Å². The van der Waals surface area contributed by atoms with Crippen LogP contribution in [0.15, 0.2) is 36.4 Å². The number of unbranched alkanes of at least 4 members (excludes halogenated alkanes) is 2. The molecule has 24 heavy (non-hydrogen) atoms. The number of benzene rings is 1. The van der Waals surface area contributed by atoms with Crippen LogP contribution in [-0.2, 0) is 0 Å². The highest BCUT2D eigenvalue weighted by molar-refractivity contribution is 5.92. The second kappa shape index (κ2) is 9.01. The number of carbonyl (C=O) groups is 1. The Balaban J connectivity index is 2.06. The number of nitrogens with zero attached hydrogens (tertiary/aromatic N) is 3. The molecule has 128 valence electrons. The first-order valence-electron chi connectivity index (χ1n) is 8.61. The average Bonchev–Trinajstić information content (AvgIpc) is 2.60. The molecule has 1 N–H and O–H groups in total. The highest BCUT2D eigenvalue weighted by Gasteiger charge is 2.12. The summed E-state index contributed by atoms with van der Waals surface area (Å²) in [5, 5.41) is 11.2. The molecule has 0 aliphatic rings. The molecule has 1 aromatic carbocycles. The van der Waals surface area contributed by atoms with Crippen molar-refractivity contribution in [1.29, 1.82) is 0 Å². The van der Waals surface area contributed by atoms with Gasteiger partial charge in [-0.25, -0.2) is 0 Å². The van der Waals surface area contributed by atoms with E-state index in [0.717, 1.165) is 37.3 Å². The zero-order chi connectivity index (χ0) is 17.4. The Morgan fingerprint density at radius 2 is 1.96 bits per heavy atom. The van der Waals surface area contributed by atoms with Gasteiger partial charge in [0.1, 0.15) is 0 Å². The van der Waals surface area contributed by atoms with E-state index in [1.165, 1.54) is 5.56 Å². The molecule has 0 radical (unpaired) electrons. The summed E-state index contributed by atoms with van der Waals surface area (Å²) in [4.78, 5) is 14.1. The van der Waals surface area contributed by atoms with Crippen LogP contribution >= 0.6 is 0 Å². The summed E-state index contributed by atoms with van der Waals surface area (Å²) in [6.45, 7) is 7.73. The van der Waals surface area contributed by atoms with Crippen molar-refractivity contribution >= 4 is 17.4 Å². The quantitative estimate of drug-likeness (QED) is 0.748. The Morgan fingerprint density at radius 1 is 1.12 bits per heavy atom. The third kappa shape index (κ3) is 4.78. The molecule has 1 heterocycles. The molecule has 2 rings (SSSR count). The molecule has 0 aliphatic heterocycles. The minimum absolute atomic E-state index is 0.163. The predicted molar refractivity (Wildman–Crippen MR) is 97.7 cm³/mol. The topological polar surface area (TPSA) is 58.1 Å². The van der Waals surface area contributed by atoms with Gasteiger partial charge < -0.3 is 10.2 Å². The Kier molecular flexibility index (Phi) is 6.73. The zero-order valence-corrected chi connectivity index (χ0v) is 14.7. The molecule has 1 amide bonds. The van der Waals surface area contributed by atoms with Gasteiger partial charge in [-0.2, -0.15) is 0 Å². The van der Waals surface area contributed by atoms with E-state index in [4.69, 9.17) is 0 Å². The molecule has 0 atom stereocenters. The van der Waals surface area contributed by atoms with Crippen molar-refractivity contribution in [3.8, 4) is 0 Å². The number of carbonyl (C=O) groups excluding carboxylic acids is 1. The van der Waals surface area contributed by atoms with Crippen molar-refractivity contribution < 1.29 is 4.79 Å². The monoisotopic (exact) mass is 326 g/mol. The van der Waals surface area contributed by atoms with E-state index < -0.39 is 0 Å². The smallest absolute Gasteiger partial charge is 0.271 e. The van der Waals surface area contributed by atoms with Gasteiger partial charge in [-0.05, 0) is 50.1 Å². The predicted octanol–water partition coefficient (Wildman–Crippen LogP) is 3.86. The van der Waals surface area contributed by atoms with E-state index in [9.17, 15) is 4.79 Å². The summed E-state index contributed by atoms with van der Waals surface area (Å²) in [6, 6.07) is 11.8. The van der Waals surface area contributed by atoms with E-state index in [1.54, 1.807) is 6.07 Å². The first kappa shape index (κ1) is 17.9. The Labute approximate surface area is 144 Å². The van der Waals surface area contributed by atoms with Crippen molar-refractivity contribution in [2.75, 3.05) is 18.0 Å². The van der Waals surface area contributed by atoms with Crippen molar-refractivity contribution in [1.82, 2.24) is 15.5 Å². The summed E-state index contributed by atoms with van der Waals surface area (Å²) in [7, 11) is 0. The largest absolute Gasteiger partial charge is 0.351 e. The average molecular weight is 326 g/mol. The van der Waals surface area contributed by atoms with Crippen molar-refractivity contribution in [3.05, 3.63) is 47.7 Å². The van der Waals surface area contributed by atoms with E-state index in [2.05, 4.69) is 53.3 Å². The molecule has 5 heteroatoms. The molecule has 0 saturated carbocycles. The fraction of sp³-hybridized carbons (Fsp3) is 0.421. The summed E-state index contributed by atoms with van der Waals surface area (Å²) in [5.41, 5.74) is 2.63. The molecule has 2 aromatic rings. The lowest BCUT2D eigenvalue weighted by Crippen LogP contribution is -2.26. The fourth-order valence-electron chi connectivity index (χ4n) is 2.53. The van der Waals surface area contributed by atoms with Crippen LogP contribution in [0.4, 0.5) is 11.5 Å². The molecule has 0 saturated heterocycles. The van der Waals surface area contributed by atoms with Crippen molar-refractivity contribution in [2.24, 2.45) is 0 Å². The van der Waals surface area contributed by atoms with Gasteiger partial charge in [-0.1, -0.05) is 31.9 Å². The van der Waals surface area contributed by atoms with Crippen LogP contribution in [0.25, 0.3) is 0 Å². The molecule has 0 fully saturated rings. The summed E-state index contributed by atoms with van der Waals surface area (Å²) < 4.78 is 0. The number of hydrogen-bond acceptors (Lipinski definition) is 4. The van der Waals surface area contributed by atoms with Crippen LogP contribution in [0.2, 0.25) is 0 Å². The molecule has 0 aliphatic carbocycles. The molecular weight excluding hydrogens is 300 g/mol. The molecule has 0 unspecified atom stereocenters. The van der Waals surface area contributed by atoms with Crippen LogP contribution < -0.4 is 10.2 Å². The number of amides is 1. The van der Waals surface area contributed by atoms with Crippen LogP contribution in [-0.4, -0.2) is 29.2 Å². The van der Waals surface area contributed by atoms with Gasteiger partial charge in [0.25, 0.3) is 5.91 Å². The summed E-state index contributed by atoms with van der Waals surface area (Å²) >= 11 is 0. The lowest BCUT2D eigenvalue weighted by molar-refractivity contribution is 0.0947. The van der Waals surface area contributed by atoms with E-state index >= 15 is 0 Å². The second-order valence-corrected chi connectivity index (χ2v) is 5.82. The fourth-order valence-corrected chi connectivity index (χ4v) is 2.53. The van der Waals surface area contributed by atoms with Gasteiger partial charge in [0, 0.05) is 18.8 Å². The maximum Gasteiger partial charge on any atom is 0.271 e. The van der Waals surface area contributed by atoms with Gasteiger partial charge >= 0.3 is 0 Å². The Morgan fingerprint density at radius 3 is 2.58 bits per heavy atom. The normalized spacial score (nSPS) is 10.5. The van der Waals surface area contributed by atoms with Gasteiger partial charge in [-0.15, -0.1) is 10.2 Å². The van der Waals surface area contributed by atoms with Gasteiger partial charge in [0.2, 0.25) is 0 Å². The third-order valence-electron chi connectivity index (χ3n) is 3.86. The summed E-state index contributed by atoms with van der Waals surface area (Å²) in [6.07, 6.45) is 3.24. The van der Waals surface area contributed by atoms with E-state index in [0.29, 0.717) is 12.2 Å². The van der Waals surface area contributed by atoms with Crippen LogP contribution in [0.1, 0.15) is 49.2 Å². The highest BCUT2D eigenvalue weighted by atomic mass is 16.1. The second-order valence-electron chi connectivity index (χ2n) is 5.82. The highest BCUT2D eigenvalue weighted by Crippen LogP contribution is 2.23. The van der Waals surface area contributed by atoms with Crippen LogP contribution in [0, 0.1) is 6.92 Å². The number of hydrogen-bond donors (Lipinski definition) is 1. The van der Waals surface area contributed by atoms with Crippen LogP contribution in [0.5, 0.6) is 0 Å². The third-order valence-corrected chi connectivity index (χ3v) is 3.86. The first-order chi connectivity index (χ1) is 11.7. The molecule has 1 aromatic heterocycles. The van der Waals surface area contributed by atoms with Crippen molar-refractivity contribution in [3.63, 3.8) is 0 Å². The summed E-state index contributed by atoms with van der Waals surface area (Å²) in [5.74, 6) is 0.578. The lowest BCUT2D eigenvalue weighted by atomic mass is 10.2. The minimum Gasteiger partial charge on any atom is -0.351 e. The van der Waals surface area contributed by atoms with Crippen molar-refractivity contribution in [2.45, 2.75) is 40.0 Å². The number of aryl methyl sites for hydroxylation is 1. The zero-order valence-electron chi connectivity index (χ0n) is 14.7. The SMILES string of the molecule is CCCCCNC(=O)c1ccc(N(CC)c2cccc(C)c2)nn1. The number of nitrogens with one attached hydrogen (secondary N) is 1. The van der Waals surface area contributed by atoms with E-state index in [1.807, 2.05) is 18.2 Å². The number of aromatic nitrogens is 2. The molecule has 0 spiro atoms. The minimum atomic E-state index is -0.163. The molecule has 0 bridgehead atoms. The Bertz CT molecular complexity index is 655. The first-order valence-corrected chi connectivity index (χ1v) is 8.61. The molecular formula is C19H26N4O. The van der Waals surface area contributed by atoms with Gasteiger partial charge in [-0.3, -0.25) is 4.79 Å².